The third-order valence-electron chi connectivity index (χ3n) is 12.6. The number of nitrogens with one attached hydrogen (secondary N) is 1. The average Bonchev–Trinajstić information content (AvgIpc) is 3.99. The molecule has 0 amide bonds. The van der Waals surface area contributed by atoms with Crippen LogP contribution in [0.1, 0.15) is 22.9 Å². The summed E-state index contributed by atoms with van der Waals surface area (Å²) >= 11 is 0. The van der Waals surface area contributed by atoms with Gasteiger partial charge in [0, 0.05) is 66.1 Å². The molecule has 61 heavy (non-hydrogen) atoms. The highest BCUT2D eigenvalue weighted by Crippen LogP contribution is 2.41. The van der Waals surface area contributed by atoms with Crippen LogP contribution in [-0.2, 0) is 0 Å². The number of hydrogen-bond acceptors (Lipinski definition) is 3. The molecule has 1 atom stereocenters. The molecule has 5 nitrogen and oxygen atoms in total. The average molecular weight is 781 g/mol. The molecule has 1 N–H and O–H groups in total. The van der Waals surface area contributed by atoms with Gasteiger partial charge in [0.25, 0.3) is 0 Å². The van der Waals surface area contributed by atoms with Crippen LogP contribution in [0.4, 0.5) is 5.69 Å². The van der Waals surface area contributed by atoms with Crippen LogP contribution in [0.5, 0.6) is 0 Å². The van der Waals surface area contributed by atoms with Crippen molar-refractivity contribution < 1.29 is 4.42 Å². The summed E-state index contributed by atoms with van der Waals surface area (Å²) in [6, 6.07) is 73.8. The molecule has 0 saturated heterocycles. The number of benzene rings is 9. The third kappa shape index (κ3) is 5.17. The van der Waals surface area contributed by atoms with E-state index in [0.717, 1.165) is 55.7 Å². The first-order valence-electron chi connectivity index (χ1n) is 20.8. The van der Waals surface area contributed by atoms with Crippen molar-refractivity contribution >= 4 is 76.9 Å². The van der Waals surface area contributed by atoms with Crippen molar-refractivity contribution in [2.24, 2.45) is 4.99 Å². The van der Waals surface area contributed by atoms with Crippen molar-refractivity contribution in [3.05, 3.63) is 223 Å². The van der Waals surface area contributed by atoms with Crippen molar-refractivity contribution in [3.8, 4) is 22.5 Å². The van der Waals surface area contributed by atoms with Crippen LogP contribution in [0.15, 0.2) is 216 Å². The number of para-hydroxylation sites is 6. The van der Waals surface area contributed by atoms with Crippen LogP contribution in [0.2, 0.25) is 0 Å². The SMILES string of the molecule is c1ccc(-n2c3ccccc3c3cc(-c4ccc5c(c4)c4ccccc4n5-c4ccc(C5=NC(c6cccc7c6oc6ccccc67)Nc6ccccc65)cc4)ccc32)cc1. The van der Waals surface area contributed by atoms with E-state index >= 15 is 0 Å². The van der Waals surface area contributed by atoms with E-state index in [1.165, 1.54) is 60.4 Å². The molecule has 4 heterocycles. The quantitative estimate of drug-likeness (QED) is 0.189. The van der Waals surface area contributed by atoms with Crippen LogP contribution in [-0.4, -0.2) is 14.8 Å². The van der Waals surface area contributed by atoms with Crippen molar-refractivity contribution in [1.29, 1.82) is 0 Å². The Morgan fingerprint density at radius 3 is 1.66 bits per heavy atom. The molecule has 0 radical (unpaired) electrons. The summed E-state index contributed by atoms with van der Waals surface area (Å²) in [6.45, 7) is 0. The lowest BCUT2D eigenvalue weighted by molar-refractivity contribution is 0.655. The summed E-state index contributed by atoms with van der Waals surface area (Å²) < 4.78 is 11.2. The monoisotopic (exact) mass is 780 g/mol. The lowest BCUT2D eigenvalue weighted by atomic mass is 9.97. The molecule has 5 heteroatoms. The number of hydrogen-bond donors (Lipinski definition) is 1. The van der Waals surface area contributed by atoms with Gasteiger partial charge < -0.3 is 18.9 Å². The van der Waals surface area contributed by atoms with Gasteiger partial charge in [0.1, 0.15) is 17.3 Å². The number of rotatable bonds is 5. The maximum atomic E-state index is 6.46. The summed E-state index contributed by atoms with van der Waals surface area (Å²) in [5.41, 5.74) is 16.3. The predicted molar refractivity (Wildman–Crippen MR) is 253 cm³/mol. The molecule has 1 aliphatic heterocycles. The van der Waals surface area contributed by atoms with Gasteiger partial charge in [-0.25, -0.2) is 0 Å². The summed E-state index contributed by atoms with van der Waals surface area (Å²) in [6.07, 6.45) is -0.316. The molecule has 0 aliphatic carbocycles. The van der Waals surface area contributed by atoms with Crippen molar-refractivity contribution in [1.82, 2.24) is 9.13 Å². The number of anilines is 1. The van der Waals surface area contributed by atoms with E-state index in [9.17, 15) is 0 Å². The fourth-order valence-corrected chi connectivity index (χ4v) is 9.76. The molecule has 9 aromatic carbocycles. The lowest BCUT2D eigenvalue weighted by Crippen LogP contribution is -2.20. The zero-order valence-corrected chi connectivity index (χ0v) is 33.0. The second-order valence-corrected chi connectivity index (χ2v) is 15.9. The highest BCUT2D eigenvalue weighted by Gasteiger charge is 2.26. The Kier molecular flexibility index (Phi) is 7.30. The van der Waals surface area contributed by atoms with Gasteiger partial charge in [-0.1, -0.05) is 133 Å². The highest BCUT2D eigenvalue weighted by molar-refractivity contribution is 6.18. The van der Waals surface area contributed by atoms with Crippen molar-refractivity contribution in [2.45, 2.75) is 6.17 Å². The Hall–Kier alpha value is -8.15. The Morgan fingerprint density at radius 2 is 0.951 bits per heavy atom. The number of aliphatic imine (C=N–C) groups is 1. The van der Waals surface area contributed by atoms with E-state index in [2.05, 4.69) is 209 Å². The van der Waals surface area contributed by atoms with E-state index in [-0.39, 0.29) is 6.17 Å². The molecule has 13 rings (SSSR count). The first-order valence-corrected chi connectivity index (χ1v) is 20.8. The van der Waals surface area contributed by atoms with Crippen LogP contribution < -0.4 is 5.32 Å². The molecule has 1 aliphatic rings. The number of fused-ring (bicyclic) bond motifs is 10. The molecule has 12 aromatic rings. The van der Waals surface area contributed by atoms with E-state index < -0.39 is 0 Å². The number of nitrogens with zero attached hydrogens (tertiary/aromatic N) is 3. The van der Waals surface area contributed by atoms with Gasteiger partial charge in [-0.3, -0.25) is 4.99 Å². The molecule has 0 spiro atoms. The minimum Gasteiger partial charge on any atom is -0.456 e. The van der Waals surface area contributed by atoms with Gasteiger partial charge in [-0.15, -0.1) is 0 Å². The summed E-state index contributed by atoms with van der Waals surface area (Å²) in [5, 5.41) is 10.9. The summed E-state index contributed by atoms with van der Waals surface area (Å²) in [5.74, 6) is 0. The maximum absolute atomic E-state index is 6.46. The zero-order chi connectivity index (χ0) is 40.0. The summed E-state index contributed by atoms with van der Waals surface area (Å²) in [4.78, 5) is 5.40. The van der Waals surface area contributed by atoms with Gasteiger partial charge in [0.15, 0.2) is 0 Å². The van der Waals surface area contributed by atoms with Gasteiger partial charge in [0.2, 0.25) is 0 Å². The molecular formula is C56H36N4O. The van der Waals surface area contributed by atoms with Crippen molar-refractivity contribution in [2.75, 3.05) is 5.32 Å². The standard InChI is InChI=1S/C56H36N4O/c1-2-13-38(14-3-1)59-49-22-9-5-15-40(49)46-33-36(27-31-51(46)59)37-28-32-52-47(34-37)41-16-6-10-23-50(41)60(52)39-29-25-35(26-30-39)54-44-18-4-8-21-48(44)57-56(58-54)45-20-12-19-43-42-17-7-11-24-53(42)61-55(43)45/h1-34,56-57H. The fourth-order valence-electron chi connectivity index (χ4n) is 9.76. The third-order valence-corrected chi connectivity index (χ3v) is 12.6. The molecule has 1 unspecified atom stereocenters. The van der Waals surface area contributed by atoms with Gasteiger partial charge in [-0.05, 0) is 83.9 Å². The first kappa shape index (κ1) is 33.8. The van der Waals surface area contributed by atoms with Crippen LogP contribution in [0.3, 0.4) is 0 Å². The summed E-state index contributed by atoms with van der Waals surface area (Å²) in [7, 11) is 0. The second-order valence-electron chi connectivity index (χ2n) is 15.9. The molecular weight excluding hydrogens is 745 g/mol. The Balaban J connectivity index is 0.904. The number of furan rings is 1. The Bertz CT molecular complexity index is 3740. The molecule has 0 fully saturated rings. The minimum atomic E-state index is -0.316. The molecule has 286 valence electrons. The predicted octanol–water partition coefficient (Wildman–Crippen LogP) is 14.4. The maximum Gasteiger partial charge on any atom is 0.149 e. The van der Waals surface area contributed by atoms with Crippen LogP contribution >= 0.6 is 0 Å². The van der Waals surface area contributed by atoms with Crippen LogP contribution in [0.25, 0.3) is 88.1 Å². The smallest absolute Gasteiger partial charge is 0.149 e. The highest BCUT2D eigenvalue weighted by atomic mass is 16.3. The Morgan fingerprint density at radius 1 is 0.410 bits per heavy atom. The van der Waals surface area contributed by atoms with E-state index in [1.54, 1.807) is 0 Å². The Labute approximate surface area is 351 Å². The largest absolute Gasteiger partial charge is 0.456 e. The fraction of sp³-hybridized carbons (Fsp3) is 0.0179. The molecule has 0 bridgehead atoms. The van der Waals surface area contributed by atoms with Gasteiger partial charge >= 0.3 is 0 Å². The lowest BCUT2D eigenvalue weighted by Gasteiger charge is -2.26. The zero-order valence-electron chi connectivity index (χ0n) is 33.0. The second kappa shape index (κ2) is 13.2. The van der Waals surface area contributed by atoms with Crippen molar-refractivity contribution in [3.63, 3.8) is 0 Å². The first-order chi connectivity index (χ1) is 30.2. The van der Waals surface area contributed by atoms with E-state index in [4.69, 9.17) is 9.41 Å². The normalized spacial score (nSPS) is 14.0. The number of aromatic nitrogens is 2. The molecule has 3 aromatic heterocycles. The minimum absolute atomic E-state index is 0.316. The topological polar surface area (TPSA) is 47.4 Å². The van der Waals surface area contributed by atoms with Crippen LogP contribution in [0, 0.1) is 0 Å². The van der Waals surface area contributed by atoms with E-state index in [1.807, 2.05) is 12.1 Å². The van der Waals surface area contributed by atoms with E-state index in [0.29, 0.717) is 0 Å². The van der Waals surface area contributed by atoms with Gasteiger partial charge in [0.05, 0.1) is 27.8 Å². The molecule has 0 saturated carbocycles. The van der Waals surface area contributed by atoms with Gasteiger partial charge in [-0.2, -0.15) is 0 Å².